The van der Waals surface area contributed by atoms with Crippen molar-refractivity contribution >= 4 is 83.8 Å². The van der Waals surface area contributed by atoms with Gasteiger partial charge in [-0.3, -0.25) is 0 Å². The van der Waals surface area contributed by atoms with Crippen LogP contribution < -0.4 is 14.7 Å². The van der Waals surface area contributed by atoms with Gasteiger partial charge in [0.1, 0.15) is 0 Å². The predicted octanol–water partition coefficient (Wildman–Crippen LogP) is 16.3. The minimum Gasteiger partial charge on any atom is -0.310 e. The second-order valence-corrected chi connectivity index (χ2v) is 15.5. The van der Waals surface area contributed by atoms with Crippen LogP contribution >= 0.6 is 0 Å². The third kappa shape index (κ3) is 6.80. The third-order valence-electron chi connectivity index (χ3n) is 11.7. The lowest BCUT2D eigenvalue weighted by Crippen LogP contribution is -2.14. The number of anilines is 9. The van der Waals surface area contributed by atoms with Crippen LogP contribution in [0.3, 0.4) is 0 Å². The van der Waals surface area contributed by atoms with E-state index in [0.29, 0.717) is 0 Å². The molecule has 0 bridgehead atoms. The maximum absolute atomic E-state index is 2.40. The Labute approximate surface area is 362 Å². The highest BCUT2D eigenvalue weighted by Gasteiger charge is 2.21. The zero-order valence-corrected chi connectivity index (χ0v) is 34.0. The molecule has 1 heterocycles. The molecular weight excluding hydrogens is 753 g/mol. The molecule has 0 saturated carbocycles. The van der Waals surface area contributed by atoms with Gasteiger partial charge in [-0.25, -0.2) is 0 Å². The molecule has 0 aliphatic heterocycles. The molecule has 4 nitrogen and oxygen atoms in total. The van der Waals surface area contributed by atoms with Crippen molar-refractivity contribution < 1.29 is 0 Å². The van der Waals surface area contributed by atoms with E-state index in [2.05, 4.69) is 274 Å². The summed E-state index contributed by atoms with van der Waals surface area (Å²) in [7, 11) is 0. The van der Waals surface area contributed by atoms with Gasteiger partial charge in [-0.05, 0) is 132 Å². The van der Waals surface area contributed by atoms with E-state index in [1.54, 1.807) is 0 Å². The van der Waals surface area contributed by atoms with Gasteiger partial charge in [-0.15, -0.1) is 0 Å². The molecule has 0 radical (unpaired) electrons. The molecule has 11 aromatic rings. The quantitative estimate of drug-likeness (QED) is 0.137. The summed E-state index contributed by atoms with van der Waals surface area (Å²) < 4.78 is 2.40. The number of hydrogen-bond acceptors (Lipinski definition) is 3. The Balaban J connectivity index is 1.12. The molecule has 0 spiro atoms. The van der Waals surface area contributed by atoms with Crippen molar-refractivity contribution in [2.45, 2.75) is 0 Å². The van der Waals surface area contributed by atoms with Crippen molar-refractivity contribution in [1.82, 2.24) is 4.57 Å². The molecule has 0 saturated heterocycles. The third-order valence-corrected chi connectivity index (χ3v) is 11.7. The van der Waals surface area contributed by atoms with Gasteiger partial charge >= 0.3 is 0 Å². The highest BCUT2D eigenvalue weighted by atomic mass is 15.2. The van der Waals surface area contributed by atoms with Gasteiger partial charge in [-0.2, -0.15) is 0 Å². The van der Waals surface area contributed by atoms with E-state index in [1.165, 1.54) is 27.1 Å². The first kappa shape index (κ1) is 36.7. The summed E-state index contributed by atoms with van der Waals surface area (Å²) in [6, 6.07) is 91.3. The second-order valence-electron chi connectivity index (χ2n) is 15.5. The smallest absolute Gasteiger partial charge is 0.0542 e. The SMILES string of the molecule is c1ccc(N(c2ccccc2)c2cccc(N(c3cccc(N(c4ccccc4)c4ccccc4)c3)c3ccc4c(c3)c3ccccc3n4-c3ccc4ccccc4c3)c2)cc1. The number of hydrogen-bond donors (Lipinski definition) is 0. The van der Waals surface area contributed by atoms with Gasteiger partial charge in [0.15, 0.2) is 0 Å². The first-order valence-electron chi connectivity index (χ1n) is 21.1. The van der Waals surface area contributed by atoms with Gasteiger partial charge in [0.05, 0.1) is 11.0 Å². The molecule has 4 heteroatoms. The lowest BCUT2D eigenvalue weighted by Gasteiger charge is -2.31. The Morgan fingerprint density at radius 2 is 0.613 bits per heavy atom. The average Bonchev–Trinajstić information content (AvgIpc) is 3.67. The number of para-hydroxylation sites is 5. The van der Waals surface area contributed by atoms with Crippen LogP contribution in [-0.4, -0.2) is 4.57 Å². The summed E-state index contributed by atoms with van der Waals surface area (Å²) in [5.74, 6) is 0. The highest BCUT2D eigenvalue weighted by molar-refractivity contribution is 6.11. The summed E-state index contributed by atoms with van der Waals surface area (Å²) in [6.07, 6.45) is 0. The number of benzene rings is 10. The van der Waals surface area contributed by atoms with Crippen LogP contribution in [-0.2, 0) is 0 Å². The van der Waals surface area contributed by atoms with Crippen LogP contribution in [0, 0.1) is 0 Å². The van der Waals surface area contributed by atoms with E-state index in [0.717, 1.165) is 62.4 Å². The molecule has 0 N–H and O–H groups in total. The van der Waals surface area contributed by atoms with Crippen LogP contribution in [0.25, 0.3) is 38.3 Å². The van der Waals surface area contributed by atoms with Gasteiger partial charge in [0.25, 0.3) is 0 Å². The molecule has 294 valence electrons. The van der Waals surface area contributed by atoms with E-state index < -0.39 is 0 Å². The first-order chi connectivity index (χ1) is 30.8. The van der Waals surface area contributed by atoms with Gasteiger partial charge in [-0.1, -0.05) is 133 Å². The summed E-state index contributed by atoms with van der Waals surface area (Å²) >= 11 is 0. The lowest BCUT2D eigenvalue weighted by atomic mass is 10.1. The Bertz CT molecular complexity index is 3100. The largest absolute Gasteiger partial charge is 0.310 e. The maximum atomic E-state index is 2.40. The van der Waals surface area contributed by atoms with Crippen molar-refractivity contribution in [3.8, 4) is 5.69 Å². The Hall–Kier alpha value is -8.34. The van der Waals surface area contributed by atoms with E-state index in [1.807, 2.05) is 0 Å². The molecular formula is C58H42N4. The summed E-state index contributed by atoms with van der Waals surface area (Å²) in [5, 5.41) is 4.85. The number of rotatable bonds is 10. The molecule has 0 aliphatic rings. The van der Waals surface area contributed by atoms with Crippen LogP contribution in [0.15, 0.2) is 255 Å². The van der Waals surface area contributed by atoms with Crippen molar-refractivity contribution in [3.05, 3.63) is 255 Å². The Morgan fingerprint density at radius 1 is 0.226 bits per heavy atom. The zero-order chi connectivity index (χ0) is 41.2. The lowest BCUT2D eigenvalue weighted by molar-refractivity contribution is 1.18. The molecule has 11 rings (SSSR count). The number of aromatic nitrogens is 1. The van der Waals surface area contributed by atoms with E-state index in [-0.39, 0.29) is 0 Å². The monoisotopic (exact) mass is 794 g/mol. The molecule has 0 aliphatic carbocycles. The number of fused-ring (bicyclic) bond motifs is 4. The van der Waals surface area contributed by atoms with E-state index in [9.17, 15) is 0 Å². The van der Waals surface area contributed by atoms with E-state index >= 15 is 0 Å². The van der Waals surface area contributed by atoms with Gasteiger partial charge in [0, 0.05) is 67.6 Å². The topological polar surface area (TPSA) is 14.7 Å². The van der Waals surface area contributed by atoms with Crippen LogP contribution in [0.1, 0.15) is 0 Å². The summed E-state index contributed by atoms with van der Waals surface area (Å²) in [5.41, 5.74) is 13.1. The summed E-state index contributed by atoms with van der Waals surface area (Å²) in [6.45, 7) is 0. The van der Waals surface area contributed by atoms with Crippen LogP contribution in [0.4, 0.5) is 51.2 Å². The minimum absolute atomic E-state index is 1.04. The molecule has 0 atom stereocenters. The fourth-order valence-corrected chi connectivity index (χ4v) is 8.89. The maximum Gasteiger partial charge on any atom is 0.0542 e. The molecule has 0 amide bonds. The molecule has 10 aromatic carbocycles. The number of nitrogens with zero attached hydrogens (tertiary/aromatic N) is 4. The van der Waals surface area contributed by atoms with Crippen molar-refractivity contribution in [2.24, 2.45) is 0 Å². The van der Waals surface area contributed by atoms with Gasteiger partial charge in [0.2, 0.25) is 0 Å². The molecule has 0 unspecified atom stereocenters. The average molecular weight is 795 g/mol. The predicted molar refractivity (Wildman–Crippen MR) is 262 cm³/mol. The Kier molecular flexibility index (Phi) is 9.49. The van der Waals surface area contributed by atoms with Crippen molar-refractivity contribution in [3.63, 3.8) is 0 Å². The van der Waals surface area contributed by atoms with Crippen LogP contribution in [0.5, 0.6) is 0 Å². The standard InChI is InChI=1S/C58H42N4/c1-5-21-45(22-6-1)59(46-23-7-2-8-24-46)49-29-17-31-51(40-49)61(52-32-18-30-50(41-52)60(47-25-9-3-10-26-47)48-27-11-4-12-28-48)54-37-38-58-56(42-54)55-33-15-16-34-57(55)62(58)53-36-35-43-19-13-14-20-44(43)39-53/h1-42H. The zero-order valence-electron chi connectivity index (χ0n) is 34.0. The fraction of sp³-hybridized carbons (Fsp3) is 0. The fourth-order valence-electron chi connectivity index (χ4n) is 8.89. The minimum atomic E-state index is 1.04. The van der Waals surface area contributed by atoms with Crippen molar-refractivity contribution in [2.75, 3.05) is 14.7 Å². The normalized spacial score (nSPS) is 11.2. The second kappa shape index (κ2) is 16.0. The van der Waals surface area contributed by atoms with Crippen LogP contribution in [0.2, 0.25) is 0 Å². The van der Waals surface area contributed by atoms with Gasteiger partial charge < -0.3 is 19.3 Å². The molecule has 0 fully saturated rings. The Morgan fingerprint density at radius 3 is 1.13 bits per heavy atom. The summed E-state index contributed by atoms with van der Waals surface area (Å²) in [4.78, 5) is 7.05. The van der Waals surface area contributed by atoms with Crippen molar-refractivity contribution in [1.29, 1.82) is 0 Å². The molecule has 1 aromatic heterocycles. The van der Waals surface area contributed by atoms with E-state index in [4.69, 9.17) is 0 Å². The molecule has 62 heavy (non-hydrogen) atoms. The highest BCUT2D eigenvalue weighted by Crippen LogP contribution is 2.44. The first-order valence-corrected chi connectivity index (χ1v) is 21.1.